The van der Waals surface area contributed by atoms with Gasteiger partial charge in [-0.25, -0.2) is 4.99 Å². The van der Waals surface area contributed by atoms with E-state index in [0.29, 0.717) is 0 Å². The van der Waals surface area contributed by atoms with Crippen molar-refractivity contribution in [3.8, 4) is 0 Å². The maximum Gasteiger partial charge on any atom is 0.0909 e. The Hall–Kier alpha value is -2.40. The molecule has 0 saturated heterocycles. The zero-order chi connectivity index (χ0) is 21.6. The molecule has 0 aliphatic heterocycles. The number of aryl methyl sites for hydroxylation is 5. The Balaban J connectivity index is 0.000000436. The molecule has 0 aliphatic rings. The van der Waals surface area contributed by atoms with Gasteiger partial charge < -0.3 is 4.90 Å². The lowest BCUT2D eigenvalue weighted by atomic mass is 10.0. The summed E-state index contributed by atoms with van der Waals surface area (Å²) in [4.78, 5) is 14.4. The molecule has 29 heavy (non-hydrogen) atoms. The molecular formula is C24H34N4S. The van der Waals surface area contributed by atoms with Gasteiger partial charge in [0.05, 0.1) is 12.0 Å². The van der Waals surface area contributed by atoms with Crippen LogP contribution in [0.25, 0.3) is 0 Å². The molecule has 0 N–H and O–H groups in total. The van der Waals surface area contributed by atoms with Crippen LogP contribution in [-0.2, 0) is 6.42 Å². The van der Waals surface area contributed by atoms with Crippen LogP contribution in [0.15, 0.2) is 52.1 Å². The molecule has 4 nitrogen and oxygen atoms in total. The fourth-order valence-electron chi connectivity index (χ4n) is 2.38. The van der Waals surface area contributed by atoms with Gasteiger partial charge in [0.25, 0.3) is 0 Å². The second kappa shape index (κ2) is 13.7. The zero-order valence-corrected chi connectivity index (χ0v) is 19.5. The Bertz CT molecular complexity index is 789. The average Bonchev–Trinajstić information content (AvgIpc) is 2.71. The second-order valence-corrected chi connectivity index (χ2v) is 7.96. The first-order valence-electron chi connectivity index (χ1n) is 9.83. The van der Waals surface area contributed by atoms with Crippen molar-refractivity contribution in [1.29, 1.82) is 0 Å². The molecule has 0 spiro atoms. The third-order valence-corrected chi connectivity index (χ3v) is 5.11. The van der Waals surface area contributed by atoms with Gasteiger partial charge in [0.2, 0.25) is 0 Å². The Morgan fingerprint density at radius 3 is 2.48 bits per heavy atom. The minimum atomic E-state index is 0.962. The van der Waals surface area contributed by atoms with Gasteiger partial charge in [-0.2, -0.15) is 0 Å². The lowest BCUT2D eigenvalue weighted by Crippen LogP contribution is -2.14. The molecule has 0 radical (unpaired) electrons. The predicted octanol–water partition coefficient (Wildman–Crippen LogP) is 6.06. The highest BCUT2D eigenvalue weighted by molar-refractivity contribution is 8.02. The van der Waals surface area contributed by atoms with Crippen molar-refractivity contribution in [2.75, 3.05) is 19.3 Å². The number of pyridine rings is 1. The van der Waals surface area contributed by atoms with Gasteiger partial charge in [-0.1, -0.05) is 12.1 Å². The lowest BCUT2D eigenvalue weighted by molar-refractivity contribution is 0.552. The first kappa shape index (κ1) is 24.6. The molecule has 0 amide bonds. The molecule has 1 aromatic carbocycles. The molecule has 5 heteroatoms. The largest absolute Gasteiger partial charge is 0.366 e. The highest BCUT2D eigenvalue weighted by atomic mass is 32.2. The number of aromatic nitrogens is 1. The summed E-state index contributed by atoms with van der Waals surface area (Å²) in [5.74, 6) is 1.05. The summed E-state index contributed by atoms with van der Waals surface area (Å²) in [6.07, 6.45) is 6.54. The number of aliphatic imine (C=N–C) groups is 2. The summed E-state index contributed by atoms with van der Waals surface area (Å²) in [6, 6.07) is 8.50. The number of nitrogens with zero attached hydrogens (tertiary/aromatic N) is 4. The molecule has 156 valence electrons. The number of thioether (sulfide) groups is 1. The number of hydrogen-bond acceptors (Lipinski definition) is 4. The topological polar surface area (TPSA) is 40.9 Å². The van der Waals surface area contributed by atoms with E-state index in [9.17, 15) is 0 Å². The van der Waals surface area contributed by atoms with Crippen LogP contribution in [0.4, 0.5) is 5.69 Å². The van der Waals surface area contributed by atoms with E-state index in [1.54, 1.807) is 18.0 Å². The van der Waals surface area contributed by atoms with Crippen molar-refractivity contribution in [3.05, 3.63) is 70.0 Å². The summed E-state index contributed by atoms with van der Waals surface area (Å²) < 4.78 is 0. The van der Waals surface area contributed by atoms with Crippen molar-refractivity contribution in [2.24, 2.45) is 9.98 Å². The normalized spacial score (nSPS) is 10.8. The Morgan fingerprint density at radius 1 is 1.14 bits per heavy atom. The minimum Gasteiger partial charge on any atom is -0.366 e. The smallest absolute Gasteiger partial charge is 0.0909 e. The summed E-state index contributed by atoms with van der Waals surface area (Å²) in [7, 11) is 2.03. The zero-order valence-electron chi connectivity index (χ0n) is 18.6. The van der Waals surface area contributed by atoms with Gasteiger partial charge >= 0.3 is 0 Å². The fraction of sp³-hybridized carbons (Fsp3) is 0.375. The van der Waals surface area contributed by atoms with Crippen molar-refractivity contribution in [2.45, 2.75) is 41.0 Å². The van der Waals surface area contributed by atoms with E-state index in [1.165, 1.54) is 22.3 Å². The average molecular weight is 411 g/mol. The van der Waals surface area contributed by atoms with Gasteiger partial charge in [0, 0.05) is 37.4 Å². The van der Waals surface area contributed by atoms with Crippen LogP contribution in [0, 0.1) is 27.7 Å². The molecule has 2 rings (SSSR count). The standard InChI is InChI=1S/C17H25N3S.C7H9N/c1-6-20(5)13-19-17-12-14(2)16(11-15(17)3)7-9-21-10-8-18-4;1-6-3-4-7(2)8-5-6/h8,10-13H,4,6-7,9H2,1-3,5H3;3-5H,1-2H3/b10-8-,19-13?;. The maximum atomic E-state index is 4.56. The van der Waals surface area contributed by atoms with E-state index in [1.807, 2.05) is 44.9 Å². The second-order valence-electron chi connectivity index (χ2n) is 6.95. The van der Waals surface area contributed by atoms with E-state index in [-0.39, 0.29) is 0 Å². The summed E-state index contributed by atoms with van der Waals surface area (Å²) in [6.45, 7) is 14.8. The molecule has 1 aromatic heterocycles. The number of benzene rings is 1. The van der Waals surface area contributed by atoms with Gasteiger partial charge in [0.15, 0.2) is 0 Å². The van der Waals surface area contributed by atoms with Crippen LogP contribution >= 0.6 is 11.8 Å². The molecule has 0 unspecified atom stereocenters. The Kier molecular flexibility index (Phi) is 11.7. The van der Waals surface area contributed by atoms with Gasteiger partial charge in [-0.05, 0) is 87.6 Å². The minimum absolute atomic E-state index is 0.962. The Morgan fingerprint density at radius 2 is 1.90 bits per heavy atom. The first-order chi connectivity index (χ1) is 13.9. The third-order valence-electron chi connectivity index (χ3n) is 4.36. The van der Waals surface area contributed by atoms with Crippen molar-refractivity contribution in [1.82, 2.24) is 9.88 Å². The van der Waals surface area contributed by atoms with Crippen LogP contribution in [0.3, 0.4) is 0 Å². The van der Waals surface area contributed by atoms with Crippen LogP contribution < -0.4 is 0 Å². The number of hydrogen-bond donors (Lipinski definition) is 0. The lowest BCUT2D eigenvalue weighted by Gasteiger charge is -2.11. The van der Waals surface area contributed by atoms with E-state index < -0.39 is 0 Å². The van der Waals surface area contributed by atoms with Crippen LogP contribution in [0.1, 0.15) is 34.9 Å². The quantitative estimate of drug-likeness (QED) is 0.302. The van der Waals surface area contributed by atoms with Crippen molar-refractivity contribution in [3.63, 3.8) is 0 Å². The summed E-state index contributed by atoms with van der Waals surface area (Å²) >= 11 is 1.76. The van der Waals surface area contributed by atoms with Gasteiger partial charge in [0.1, 0.15) is 0 Å². The highest BCUT2D eigenvalue weighted by Crippen LogP contribution is 2.24. The van der Waals surface area contributed by atoms with E-state index in [2.05, 4.69) is 65.6 Å². The summed E-state index contributed by atoms with van der Waals surface area (Å²) in [5, 5.41) is 1.98. The third kappa shape index (κ3) is 10.1. The fourth-order valence-corrected chi connectivity index (χ4v) is 3.02. The molecule has 0 aliphatic carbocycles. The molecule has 1 heterocycles. The Labute approximate surface area is 180 Å². The maximum absolute atomic E-state index is 4.56. The molecular weight excluding hydrogens is 376 g/mol. The van der Waals surface area contributed by atoms with E-state index in [0.717, 1.165) is 30.1 Å². The summed E-state index contributed by atoms with van der Waals surface area (Å²) in [5.41, 5.74) is 7.27. The van der Waals surface area contributed by atoms with E-state index in [4.69, 9.17) is 0 Å². The monoisotopic (exact) mass is 410 g/mol. The highest BCUT2D eigenvalue weighted by Gasteiger charge is 2.04. The van der Waals surface area contributed by atoms with Gasteiger partial charge in [-0.3, -0.25) is 9.98 Å². The van der Waals surface area contributed by atoms with Crippen molar-refractivity contribution >= 4 is 30.5 Å². The van der Waals surface area contributed by atoms with Crippen LogP contribution in [0.5, 0.6) is 0 Å². The van der Waals surface area contributed by atoms with E-state index >= 15 is 0 Å². The van der Waals surface area contributed by atoms with Gasteiger partial charge in [-0.15, -0.1) is 11.8 Å². The molecule has 0 atom stereocenters. The van der Waals surface area contributed by atoms with Crippen LogP contribution in [-0.4, -0.2) is 42.3 Å². The van der Waals surface area contributed by atoms with Crippen molar-refractivity contribution < 1.29 is 0 Å². The number of rotatable bonds is 8. The molecule has 0 bridgehead atoms. The molecule has 0 fully saturated rings. The predicted molar refractivity (Wildman–Crippen MR) is 131 cm³/mol. The SMILES string of the molecule is C=N/C=C\SCCc1cc(C)c(N=CN(C)CC)cc1C.Cc1ccc(C)nc1. The molecule has 0 saturated carbocycles. The first-order valence-corrected chi connectivity index (χ1v) is 10.9. The van der Waals surface area contributed by atoms with Crippen LogP contribution in [0.2, 0.25) is 0 Å². The molecule has 2 aromatic rings.